The third-order valence-electron chi connectivity index (χ3n) is 3.23. The van der Waals surface area contributed by atoms with Crippen LogP contribution in [-0.2, 0) is 0 Å². The van der Waals surface area contributed by atoms with Crippen molar-refractivity contribution in [2.24, 2.45) is 0 Å². The number of anilines is 2. The zero-order chi connectivity index (χ0) is 13.9. The van der Waals surface area contributed by atoms with Gasteiger partial charge in [-0.05, 0) is 26.2 Å². The zero-order valence-corrected chi connectivity index (χ0v) is 11.5. The number of aliphatic hydroxyl groups is 1. The van der Waals surface area contributed by atoms with Crippen LogP contribution in [0.15, 0.2) is 6.20 Å². The first kappa shape index (κ1) is 14.0. The summed E-state index contributed by atoms with van der Waals surface area (Å²) in [5.41, 5.74) is -0.785. The molecule has 0 radical (unpaired) electrons. The van der Waals surface area contributed by atoms with E-state index in [1.165, 1.54) is 6.20 Å². The van der Waals surface area contributed by atoms with Gasteiger partial charge in [-0.15, -0.1) is 0 Å². The normalized spacial score (nSPS) is 23.5. The number of halogens is 1. The molecule has 1 unspecified atom stereocenters. The number of hydrogen-bond donors (Lipinski definition) is 2. The molecule has 1 aromatic heterocycles. The lowest BCUT2D eigenvalue weighted by Crippen LogP contribution is -2.46. The molecular weight excluding hydrogens is 247 g/mol. The van der Waals surface area contributed by atoms with Crippen LogP contribution in [0.2, 0.25) is 0 Å². The molecule has 5 nitrogen and oxygen atoms in total. The second-order valence-electron chi connectivity index (χ2n) is 5.31. The third-order valence-corrected chi connectivity index (χ3v) is 3.23. The van der Waals surface area contributed by atoms with Crippen molar-refractivity contribution in [3.05, 3.63) is 12.0 Å². The summed E-state index contributed by atoms with van der Waals surface area (Å²) in [7, 11) is 0. The fourth-order valence-electron chi connectivity index (χ4n) is 2.30. The molecule has 106 valence electrons. The van der Waals surface area contributed by atoms with Gasteiger partial charge in [-0.2, -0.15) is 4.98 Å². The van der Waals surface area contributed by atoms with E-state index in [1.54, 1.807) is 11.8 Å². The number of aromatic nitrogens is 2. The van der Waals surface area contributed by atoms with Gasteiger partial charge < -0.3 is 15.3 Å². The number of piperidine rings is 1. The Balaban J connectivity index is 2.18. The topological polar surface area (TPSA) is 61.3 Å². The van der Waals surface area contributed by atoms with Gasteiger partial charge in [-0.1, -0.05) is 6.92 Å². The Morgan fingerprint density at radius 1 is 1.58 bits per heavy atom. The molecule has 1 saturated heterocycles. The van der Waals surface area contributed by atoms with Crippen molar-refractivity contribution in [1.29, 1.82) is 0 Å². The van der Waals surface area contributed by atoms with Gasteiger partial charge in [-0.3, -0.25) is 0 Å². The van der Waals surface area contributed by atoms with Crippen LogP contribution in [0.3, 0.4) is 0 Å². The maximum atomic E-state index is 13.9. The summed E-state index contributed by atoms with van der Waals surface area (Å²) in [6, 6.07) is 0. The standard InChI is InChI=1S/C13H21FN4O/c1-3-6-15-12-16-8-10(14)11(17-12)18-7-4-5-13(2,19)9-18/h8,19H,3-7,9H2,1-2H3,(H,15,16,17). The lowest BCUT2D eigenvalue weighted by Gasteiger charge is -2.37. The predicted octanol–water partition coefficient (Wildman–Crippen LogP) is 1.79. The van der Waals surface area contributed by atoms with E-state index in [-0.39, 0.29) is 5.82 Å². The van der Waals surface area contributed by atoms with Crippen LogP contribution in [0.25, 0.3) is 0 Å². The van der Waals surface area contributed by atoms with Gasteiger partial charge in [0.25, 0.3) is 0 Å². The van der Waals surface area contributed by atoms with Crippen LogP contribution in [0, 0.1) is 5.82 Å². The van der Waals surface area contributed by atoms with Gasteiger partial charge in [0.05, 0.1) is 11.8 Å². The van der Waals surface area contributed by atoms with E-state index in [2.05, 4.69) is 15.3 Å². The van der Waals surface area contributed by atoms with E-state index in [9.17, 15) is 9.50 Å². The van der Waals surface area contributed by atoms with E-state index in [0.717, 1.165) is 25.8 Å². The molecule has 1 atom stereocenters. The minimum Gasteiger partial charge on any atom is -0.388 e. The molecule has 0 saturated carbocycles. The zero-order valence-electron chi connectivity index (χ0n) is 11.5. The minimum atomic E-state index is -0.785. The summed E-state index contributed by atoms with van der Waals surface area (Å²) in [4.78, 5) is 9.93. The molecule has 1 fully saturated rings. The first-order chi connectivity index (χ1) is 9.02. The first-order valence-electron chi connectivity index (χ1n) is 6.75. The molecule has 2 heterocycles. The Hall–Kier alpha value is -1.43. The number of nitrogens with zero attached hydrogens (tertiary/aromatic N) is 3. The molecule has 2 N–H and O–H groups in total. The fourth-order valence-corrected chi connectivity index (χ4v) is 2.30. The van der Waals surface area contributed by atoms with Crippen LogP contribution in [0.4, 0.5) is 16.2 Å². The molecule has 0 aromatic carbocycles. The summed E-state index contributed by atoms with van der Waals surface area (Å²) < 4.78 is 13.9. The second-order valence-corrected chi connectivity index (χ2v) is 5.31. The molecule has 0 amide bonds. The second kappa shape index (κ2) is 5.69. The van der Waals surface area contributed by atoms with Crippen molar-refractivity contribution < 1.29 is 9.50 Å². The summed E-state index contributed by atoms with van der Waals surface area (Å²) in [6.07, 6.45) is 3.70. The highest BCUT2D eigenvalue weighted by molar-refractivity contribution is 5.44. The summed E-state index contributed by atoms with van der Waals surface area (Å²) >= 11 is 0. The Labute approximate surface area is 112 Å². The van der Waals surface area contributed by atoms with Crippen LogP contribution in [0.1, 0.15) is 33.1 Å². The predicted molar refractivity (Wildman–Crippen MR) is 72.8 cm³/mol. The van der Waals surface area contributed by atoms with Crippen LogP contribution in [0.5, 0.6) is 0 Å². The molecule has 2 rings (SSSR count). The molecule has 0 spiro atoms. The number of rotatable bonds is 4. The van der Waals surface area contributed by atoms with Gasteiger partial charge in [0, 0.05) is 19.6 Å². The fraction of sp³-hybridized carbons (Fsp3) is 0.692. The van der Waals surface area contributed by atoms with Crippen molar-refractivity contribution in [2.45, 2.75) is 38.7 Å². The number of hydrogen-bond acceptors (Lipinski definition) is 5. The molecule has 0 bridgehead atoms. The SMILES string of the molecule is CCCNc1ncc(F)c(N2CCCC(C)(O)C2)n1. The van der Waals surface area contributed by atoms with Gasteiger partial charge >= 0.3 is 0 Å². The maximum Gasteiger partial charge on any atom is 0.224 e. The number of β-amino-alcohol motifs (C(OH)–C–C–N with tert-alkyl or cyclic N) is 1. The van der Waals surface area contributed by atoms with E-state index in [0.29, 0.717) is 19.0 Å². The molecule has 19 heavy (non-hydrogen) atoms. The number of nitrogens with one attached hydrogen (secondary N) is 1. The largest absolute Gasteiger partial charge is 0.388 e. The highest BCUT2D eigenvalue weighted by Crippen LogP contribution is 2.26. The van der Waals surface area contributed by atoms with Gasteiger partial charge in [0.1, 0.15) is 0 Å². The van der Waals surface area contributed by atoms with Crippen molar-refractivity contribution in [2.75, 3.05) is 29.9 Å². The molecule has 1 aliphatic rings. The highest BCUT2D eigenvalue weighted by Gasteiger charge is 2.30. The van der Waals surface area contributed by atoms with E-state index in [4.69, 9.17) is 0 Å². The summed E-state index contributed by atoms with van der Waals surface area (Å²) in [6.45, 7) is 5.67. The van der Waals surface area contributed by atoms with Crippen molar-refractivity contribution in [3.63, 3.8) is 0 Å². The van der Waals surface area contributed by atoms with Crippen LogP contribution in [-0.4, -0.2) is 40.3 Å². The molecule has 0 aliphatic carbocycles. The average molecular weight is 268 g/mol. The van der Waals surface area contributed by atoms with Gasteiger partial charge in [-0.25, -0.2) is 9.37 Å². The Bertz CT molecular complexity index is 439. The molecule has 1 aliphatic heterocycles. The lowest BCUT2D eigenvalue weighted by molar-refractivity contribution is 0.0445. The smallest absolute Gasteiger partial charge is 0.224 e. The molecular formula is C13H21FN4O. The van der Waals surface area contributed by atoms with Crippen LogP contribution >= 0.6 is 0 Å². The quantitative estimate of drug-likeness (QED) is 0.871. The van der Waals surface area contributed by atoms with Crippen molar-refractivity contribution in [1.82, 2.24) is 9.97 Å². The lowest BCUT2D eigenvalue weighted by atomic mass is 9.95. The van der Waals surface area contributed by atoms with E-state index in [1.807, 2.05) is 6.92 Å². The Morgan fingerprint density at radius 2 is 2.37 bits per heavy atom. The summed E-state index contributed by atoms with van der Waals surface area (Å²) in [5.74, 6) is 0.261. The maximum absolute atomic E-state index is 13.9. The molecule has 6 heteroatoms. The third kappa shape index (κ3) is 3.53. The van der Waals surface area contributed by atoms with Gasteiger partial charge in [0.2, 0.25) is 5.95 Å². The Morgan fingerprint density at radius 3 is 3.05 bits per heavy atom. The molecule has 1 aromatic rings. The minimum absolute atomic E-state index is 0.272. The van der Waals surface area contributed by atoms with E-state index < -0.39 is 11.4 Å². The first-order valence-corrected chi connectivity index (χ1v) is 6.75. The van der Waals surface area contributed by atoms with E-state index >= 15 is 0 Å². The van der Waals surface area contributed by atoms with Gasteiger partial charge in [0.15, 0.2) is 11.6 Å². The van der Waals surface area contributed by atoms with Crippen LogP contribution < -0.4 is 10.2 Å². The summed E-state index contributed by atoms with van der Waals surface area (Å²) in [5, 5.41) is 13.1. The Kier molecular flexibility index (Phi) is 4.19. The highest BCUT2D eigenvalue weighted by atomic mass is 19.1. The van der Waals surface area contributed by atoms with Crippen molar-refractivity contribution >= 4 is 11.8 Å². The van der Waals surface area contributed by atoms with Crippen molar-refractivity contribution in [3.8, 4) is 0 Å². The monoisotopic (exact) mass is 268 g/mol. The average Bonchev–Trinajstić information content (AvgIpc) is 2.36.